The number of rotatable bonds is 5. The number of benzene rings is 3. The van der Waals surface area contributed by atoms with Crippen LogP contribution in [0.15, 0.2) is 72.8 Å². The maximum atomic E-state index is 13.4. The minimum absolute atomic E-state index is 0.0471. The van der Waals surface area contributed by atoms with Gasteiger partial charge in [0.2, 0.25) is 5.91 Å². The van der Waals surface area contributed by atoms with Gasteiger partial charge in [-0.2, -0.15) is 0 Å². The fourth-order valence-electron chi connectivity index (χ4n) is 3.12. The van der Waals surface area contributed by atoms with Gasteiger partial charge in [-0.15, -0.1) is 0 Å². The van der Waals surface area contributed by atoms with E-state index in [-0.39, 0.29) is 12.3 Å². The Hall–Kier alpha value is -3.18. The standard InChI is InChI=1S/C23H20N2O2S/c1-16-12-13-20(27-2)19(14-16)25(22(26)15-17-8-4-3-5-9-17)23-24-18-10-6-7-11-21(18)28-23/h3-14H,15H2,1-2H3. The summed E-state index contributed by atoms with van der Waals surface area (Å²) < 4.78 is 6.60. The van der Waals surface area contributed by atoms with Crippen LogP contribution in [0.3, 0.4) is 0 Å². The molecule has 28 heavy (non-hydrogen) atoms. The number of hydrogen-bond acceptors (Lipinski definition) is 4. The third kappa shape index (κ3) is 3.62. The minimum Gasteiger partial charge on any atom is -0.495 e. The summed E-state index contributed by atoms with van der Waals surface area (Å²) in [5.74, 6) is 0.598. The Morgan fingerprint density at radius 2 is 1.79 bits per heavy atom. The lowest BCUT2D eigenvalue weighted by atomic mass is 10.1. The molecule has 1 heterocycles. The first kappa shape index (κ1) is 18.2. The highest BCUT2D eigenvalue weighted by Crippen LogP contribution is 2.38. The average Bonchev–Trinajstić information content (AvgIpc) is 3.12. The lowest BCUT2D eigenvalue weighted by molar-refractivity contribution is -0.117. The van der Waals surface area contributed by atoms with Crippen molar-refractivity contribution in [1.29, 1.82) is 0 Å². The van der Waals surface area contributed by atoms with Crippen molar-refractivity contribution in [2.45, 2.75) is 13.3 Å². The van der Waals surface area contributed by atoms with Gasteiger partial charge in [-0.05, 0) is 42.3 Å². The van der Waals surface area contributed by atoms with Crippen LogP contribution >= 0.6 is 11.3 Å². The lowest BCUT2D eigenvalue weighted by Gasteiger charge is -2.22. The predicted molar refractivity (Wildman–Crippen MR) is 115 cm³/mol. The second-order valence-electron chi connectivity index (χ2n) is 6.53. The summed E-state index contributed by atoms with van der Waals surface area (Å²) in [6.45, 7) is 2.00. The van der Waals surface area contributed by atoms with Crippen LogP contribution in [0.2, 0.25) is 0 Å². The Balaban J connectivity index is 1.83. The Morgan fingerprint density at radius 1 is 1.04 bits per heavy atom. The number of anilines is 2. The van der Waals surface area contributed by atoms with Gasteiger partial charge in [0.05, 0.1) is 29.4 Å². The van der Waals surface area contributed by atoms with Gasteiger partial charge in [0.25, 0.3) is 0 Å². The molecule has 0 unspecified atom stereocenters. The Bertz CT molecular complexity index is 1090. The molecule has 140 valence electrons. The summed E-state index contributed by atoms with van der Waals surface area (Å²) in [5.41, 5.74) is 3.61. The van der Waals surface area contributed by atoms with Crippen LogP contribution < -0.4 is 9.64 Å². The second kappa shape index (κ2) is 7.82. The molecule has 4 aromatic rings. The Morgan fingerprint density at radius 3 is 2.54 bits per heavy atom. The largest absolute Gasteiger partial charge is 0.495 e. The number of ether oxygens (including phenoxy) is 1. The van der Waals surface area contributed by atoms with Crippen molar-refractivity contribution in [3.8, 4) is 5.75 Å². The Labute approximate surface area is 168 Å². The van der Waals surface area contributed by atoms with Crippen LogP contribution in [0.5, 0.6) is 5.75 Å². The Kier molecular flexibility index (Phi) is 5.08. The summed E-state index contributed by atoms with van der Waals surface area (Å²) in [5, 5.41) is 0.644. The molecular formula is C23H20N2O2S. The second-order valence-corrected chi connectivity index (χ2v) is 7.54. The van der Waals surface area contributed by atoms with Gasteiger partial charge >= 0.3 is 0 Å². The topological polar surface area (TPSA) is 42.4 Å². The molecule has 5 heteroatoms. The van der Waals surface area contributed by atoms with Crippen LogP contribution in [0.4, 0.5) is 10.8 Å². The third-order valence-corrected chi connectivity index (χ3v) is 5.52. The van der Waals surface area contributed by atoms with Gasteiger partial charge in [0, 0.05) is 0 Å². The van der Waals surface area contributed by atoms with Crippen molar-refractivity contribution in [2.75, 3.05) is 12.0 Å². The molecule has 0 saturated heterocycles. The monoisotopic (exact) mass is 388 g/mol. The molecule has 0 N–H and O–H groups in total. The van der Waals surface area contributed by atoms with Gasteiger partial charge in [-0.25, -0.2) is 4.98 Å². The predicted octanol–water partition coefficient (Wildman–Crippen LogP) is 5.52. The highest BCUT2D eigenvalue weighted by atomic mass is 32.1. The van der Waals surface area contributed by atoms with Crippen molar-refractivity contribution in [1.82, 2.24) is 4.98 Å². The van der Waals surface area contributed by atoms with Crippen LogP contribution in [-0.4, -0.2) is 18.0 Å². The van der Waals surface area contributed by atoms with E-state index in [1.165, 1.54) is 11.3 Å². The van der Waals surface area contributed by atoms with E-state index < -0.39 is 0 Å². The van der Waals surface area contributed by atoms with E-state index in [1.807, 2.05) is 79.7 Å². The first-order chi connectivity index (χ1) is 13.7. The number of fused-ring (bicyclic) bond motifs is 1. The SMILES string of the molecule is COc1ccc(C)cc1N(C(=O)Cc1ccccc1)c1nc2ccccc2s1. The van der Waals surface area contributed by atoms with Gasteiger partial charge in [-0.1, -0.05) is 59.9 Å². The highest BCUT2D eigenvalue weighted by Gasteiger charge is 2.25. The fourth-order valence-corrected chi connectivity index (χ4v) is 4.12. The lowest BCUT2D eigenvalue weighted by Crippen LogP contribution is -2.28. The van der Waals surface area contributed by atoms with Gasteiger partial charge in [0.1, 0.15) is 5.75 Å². The maximum absolute atomic E-state index is 13.4. The molecule has 0 fully saturated rings. The zero-order valence-electron chi connectivity index (χ0n) is 15.8. The summed E-state index contributed by atoms with van der Waals surface area (Å²) in [4.78, 5) is 19.8. The summed E-state index contributed by atoms with van der Waals surface area (Å²) >= 11 is 1.50. The summed E-state index contributed by atoms with van der Waals surface area (Å²) in [7, 11) is 1.62. The van der Waals surface area contributed by atoms with Gasteiger partial charge in [0.15, 0.2) is 5.13 Å². The van der Waals surface area contributed by atoms with Crippen LogP contribution in [0, 0.1) is 6.92 Å². The fraction of sp³-hybridized carbons (Fsp3) is 0.130. The van der Waals surface area contributed by atoms with E-state index in [2.05, 4.69) is 0 Å². The number of aromatic nitrogens is 1. The van der Waals surface area contributed by atoms with Crippen LogP contribution in [0.25, 0.3) is 10.2 Å². The third-order valence-electron chi connectivity index (χ3n) is 4.50. The number of carbonyl (C=O) groups excluding carboxylic acids is 1. The summed E-state index contributed by atoms with van der Waals surface area (Å²) in [6.07, 6.45) is 0.286. The highest BCUT2D eigenvalue weighted by molar-refractivity contribution is 7.22. The molecule has 0 aliphatic rings. The molecule has 1 aromatic heterocycles. The number of carbonyl (C=O) groups is 1. The zero-order chi connectivity index (χ0) is 19.5. The molecule has 0 atom stereocenters. The molecule has 0 saturated carbocycles. The average molecular weight is 388 g/mol. The first-order valence-electron chi connectivity index (χ1n) is 9.03. The number of hydrogen-bond donors (Lipinski definition) is 0. The maximum Gasteiger partial charge on any atom is 0.237 e. The first-order valence-corrected chi connectivity index (χ1v) is 9.84. The van der Waals surface area contributed by atoms with Crippen molar-refractivity contribution in [3.05, 3.63) is 83.9 Å². The molecule has 0 aliphatic carbocycles. The normalized spacial score (nSPS) is 10.8. The van der Waals surface area contributed by atoms with Crippen molar-refractivity contribution in [2.24, 2.45) is 0 Å². The molecule has 4 nitrogen and oxygen atoms in total. The molecule has 1 amide bonds. The van der Waals surface area contributed by atoms with Crippen molar-refractivity contribution >= 4 is 38.3 Å². The van der Waals surface area contributed by atoms with E-state index in [0.29, 0.717) is 16.6 Å². The molecule has 0 aliphatic heterocycles. The van der Waals surface area contributed by atoms with Crippen molar-refractivity contribution in [3.63, 3.8) is 0 Å². The van der Waals surface area contributed by atoms with Gasteiger partial charge < -0.3 is 4.74 Å². The van der Waals surface area contributed by atoms with E-state index >= 15 is 0 Å². The molecule has 0 bridgehead atoms. The number of nitrogens with zero attached hydrogens (tertiary/aromatic N) is 2. The van der Waals surface area contributed by atoms with E-state index in [9.17, 15) is 4.79 Å². The van der Waals surface area contributed by atoms with Crippen LogP contribution in [0.1, 0.15) is 11.1 Å². The van der Waals surface area contributed by atoms with Gasteiger partial charge in [-0.3, -0.25) is 9.69 Å². The zero-order valence-corrected chi connectivity index (χ0v) is 16.6. The molecule has 0 spiro atoms. The number of methoxy groups -OCH3 is 1. The number of amides is 1. The van der Waals surface area contributed by atoms with E-state index in [0.717, 1.165) is 21.3 Å². The quantitative estimate of drug-likeness (QED) is 0.452. The van der Waals surface area contributed by atoms with Crippen molar-refractivity contribution < 1.29 is 9.53 Å². The summed E-state index contributed by atoms with van der Waals surface area (Å²) in [6, 6.07) is 23.5. The van der Waals surface area contributed by atoms with E-state index in [4.69, 9.17) is 9.72 Å². The number of aryl methyl sites for hydroxylation is 1. The minimum atomic E-state index is -0.0471. The molecule has 0 radical (unpaired) electrons. The smallest absolute Gasteiger partial charge is 0.237 e. The number of thiazole rings is 1. The van der Waals surface area contributed by atoms with E-state index in [1.54, 1.807) is 12.0 Å². The molecule has 3 aromatic carbocycles. The van der Waals surface area contributed by atoms with Crippen LogP contribution in [-0.2, 0) is 11.2 Å². The number of para-hydroxylation sites is 1. The molecular weight excluding hydrogens is 368 g/mol. The molecule has 4 rings (SSSR count).